The summed E-state index contributed by atoms with van der Waals surface area (Å²) in [6, 6.07) is 14.3. The highest BCUT2D eigenvalue weighted by molar-refractivity contribution is 7.92. The summed E-state index contributed by atoms with van der Waals surface area (Å²) in [5.74, 6) is 0. The fourth-order valence-electron chi connectivity index (χ4n) is 1.66. The van der Waals surface area contributed by atoms with Crippen molar-refractivity contribution in [3.05, 3.63) is 59.1 Å². The van der Waals surface area contributed by atoms with Crippen LogP contribution in [0, 0.1) is 0 Å². The van der Waals surface area contributed by atoms with Crippen molar-refractivity contribution in [3.63, 3.8) is 0 Å². The van der Waals surface area contributed by atoms with E-state index in [1.807, 2.05) is 18.2 Å². The molecule has 0 bridgehead atoms. The van der Waals surface area contributed by atoms with Crippen molar-refractivity contribution >= 4 is 39.2 Å². The minimum absolute atomic E-state index is 0.572. The van der Waals surface area contributed by atoms with E-state index < -0.39 is 10.0 Å². The van der Waals surface area contributed by atoms with E-state index in [1.54, 1.807) is 36.5 Å². The van der Waals surface area contributed by atoms with Crippen LogP contribution in [0.4, 0.5) is 11.4 Å². The number of benzene rings is 2. The van der Waals surface area contributed by atoms with Gasteiger partial charge in [-0.2, -0.15) is 0 Å². The first-order valence-corrected chi connectivity index (χ1v) is 8.42. The molecule has 2 rings (SSSR count). The topological polar surface area (TPSA) is 49.7 Å². The Kier molecular flexibility index (Phi) is 4.65. The minimum atomic E-state index is -3.28. The van der Waals surface area contributed by atoms with Gasteiger partial charge in [0.05, 0.1) is 17.6 Å². The van der Waals surface area contributed by atoms with Crippen molar-refractivity contribution in [1.29, 1.82) is 0 Å². The zero-order chi connectivity index (χ0) is 15.5. The molecule has 21 heavy (non-hydrogen) atoms. The van der Waals surface area contributed by atoms with Gasteiger partial charge >= 0.3 is 0 Å². The summed E-state index contributed by atoms with van der Waals surface area (Å²) in [6.45, 7) is 0. The lowest BCUT2D eigenvalue weighted by Crippen LogP contribution is -2.24. The van der Waals surface area contributed by atoms with Gasteiger partial charge in [0, 0.05) is 18.3 Å². The standard InChI is InChI=1S/C15H15ClN2O2S/c1-18(21(2,19)20)15-5-3-4-14(10-15)17-11-12-6-8-13(16)9-7-12/h3-11H,1-2H3. The molecule has 0 N–H and O–H groups in total. The van der Waals surface area contributed by atoms with Gasteiger partial charge in [-0.1, -0.05) is 29.8 Å². The first kappa shape index (κ1) is 15.5. The molecule has 0 aliphatic carbocycles. The van der Waals surface area contributed by atoms with Crippen LogP contribution in [0.1, 0.15) is 5.56 Å². The average molecular weight is 323 g/mol. The van der Waals surface area contributed by atoms with E-state index in [-0.39, 0.29) is 0 Å². The lowest BCUT2D eigenvalue weighted by molar-refractivity contribution is 0.600. The van der Waals surface area contributed by atoms with Gasteiger partial charge in [0.1, 0.15) is 0 Å². The monoisotopic (exact) mass is 322 g/mol. The minimum Gasteiger partial charge on any atom is -0.273 e. The summed E-state index contributed by atoms with van der Waals surface area (Å²) in [5, 5.41) is 0.670. The van der Waals surface area contributed by atoms with E-state index in [2.05, 4.69) is 4.99 Å². The van der Waals surface area contributed by atoms with Gasteiger partial charge in [-0.25, -0.2) is 8.42 Å². The molecule has 2 aromatic carbocycles. The second-order valence-electron chi connectivity index (χ2n) is 4.56. The Hall–Kier alpha value is -1.85. The van der Waals surface area contributed by atoms with E-state index in [1.165, 1.54) is 11.4 Å². The maximum absolute atomic E-state index is 11.5. The van der Waals surface area contributed by atoms with E-state index >= 15 is 0 Å². The van der Waals surface area contributed by atoms with E-state index in [9.17, 15) is 8.42 Å². The largest absolute Gasteiger partial charge is 0.273 e. The fourth-order valence-corrected chi connectivity index (χ4v) is 2.28. The van der Waals surface area contributed by atoms with Crippen molar-refractivity contribution in [3.8, 4) is 0 Å². The first-order chi connectivity index (χ1) is 9.86. The molecule has 0 atom stereocenters. The predicted octanol–water partition coefficient (Wildman–Crippen LogP) is 3.49. The molecule has 0 aliphatic rings. The molecular formula is C15H15ClN2O2S. The molecule has 0 aromatic heterocycles. The Labute approximate surface area is 129 Å². The van der Waals surface area contributed by atoms with Crippen LogP contribution < -0.4 is 4.31 Å². The third-order valence-electron chi connectivity index (χ3n) is 2.92. The summed E-state index contributed by atoms with van der Waals surface area (Å²) < 4.78 is 24.3. The maximum Gasteiger partial charge on any atom is 0.231 e. The zero-order valence-electron chi connectivity index (χ0n) is 11.7. The quantitative estimate of drug-likeness (QED) is 0.809. The number of hydrogen-bond donors (Lipinski definition) is 0. The number of nitrogens with zero attached hydrogens (tertiary/aromatic N) is 2. The Morgan fingerprint density at radius 1 is 1.14 bits per heavy atom. The zero-order valence-corrected chi connectivity index (χ0v) is 13.3. The highest BCUT2D eigenvalue weighted by Crippen LogP contribution is 2.22. The average Bonchev–Trinajstić information content (AvgIpc) is 2.45. The summed E-state index contributed by atoms with van der Waals surface area (Å²) in [7, 11) is -1.77. The summed E-state index contributed by atoms with van der Waals surface area (Å²) in [4.78, 5) is 4.34. The molecule has 0 spiro atoms. The number of halogens is 1. The molecule has 110 valence electrons. The number of sulfonamides is 1. The number of hydrogen-bond acceptors (Lipinski definition) is 3. The van der Waals surface area contributed by atoms with Crippen LogP contribution in [-0.4, -0.2) is 27.9 Å². The third-order valence-corrected chi connectivity index (χ3v) is 4.38. The number of aliphatic imine (C=N–C) groups is 1. The van der Waals surface area contributed by atoms with Gasteiger partial charge in [0.15, 0.2) is 0 Å². The van der Waals surface area contributed by atoms with Crippen LogP contribution in [0.5, 0.6) is 0 Å². The molecule has 0 unspecified atom stereocenters. The van der Waals surface area contributed by atoms with Gasteiger partial charge in [0.25, 0.3) is 0 Å². The lowest BCUT2D eigenvalue weighted by Gasteiger charge is -2.16. The summed E-state index contributed by atoms with van der Waals surface area (Å²) in [5.41, 5.74) is 2.17. The Morgan fingerprint density at radius 2 is 1.81 bits per heavy atom. The van der Waals surface area contributed by atoms with Crippen LogP contribution in [0.15, 0.2) is 53.5 Å². The molecule has 4 nitrogen and oxygen atoms in total. The highest BCUT2D eigenvalue weighted by Gasteiger charge is 2.11. The summed E-state index contributed by atoms with van der Waals surface area (Å²) in [6.07, 6.45) is 2.87. The van der Waals surface area contributed by atoms with E-state index in [4.69, 9.17) is 11.6 Å². The molecule has 0 heterocycles. The van der Waals surface area contributed by atoms with E-state index in [0.29, 0.717) is 16.4 Å². The lowest BCUT2D eigenvalue weighted by atomic mass is 10.2. The van der Waals surface area contributed by atoms with E-state index in [0.717, 1.165) is 11.8 Å². The van der Waals surface area contributed by atoms with Gasteiger partial charge in [-0.05, 0) is 35.9 Å². The number of anilines is 1. The molecule has 0 fully saturated rings. The molecule has 0 saturated carbocycles. The van der Waals surface area contributed by atoms with Gasteiger partial charge in [-0.3, -0.25) is 9.30 Å². The predicted molar refractivity (Wildman–Crippen MR) is 88.4 cm³/mol. The number of rotatable bonds is 4. The van der Waals surface area contributed by atoms with Gasteiger partial charge in [0.2, 0.25) is 10.0 Å². The molecule has 0 aliphatic heterocycles. The van der Waals surface area contributed by atoms with Gasteiger partial charge < -0.3 is 0 Å². The van der Waals surface area contributed by atoms with Crippen LogP contribution in [0.2, 0.25) is 5.02 Å². The fraction of sp³-hybridized carbons (Fsp3) is 0.133. The molecular weight excluding hydrogens is 308 g/mol. The SMILES string of the molecule is CN(c1cccc(N=Cc2ccc(Cl)cc2)c1)S(C)(=O)=O. The Morgan fingerprint density at radius 3 is 2.43 bits per heavy atom. The van der Waals surface area contributed by atoms with Crippen molar-refractivity contribution in [2.45, 2.75) is 0 Å². The Bertz CT molecular complexity index is 755. The molecule has 0 amide bonds. The third kappa shape index (κ3) is 4.31. The van der Waals surface area contributed by atoms with Crippen LogP contribution >= 0.6 is 11.6 Å². The molecule has 0 saturated heterocycles. The smallest absolute Gasteiger partial charge is 0.231 e. The normalized spacial score (nSPS) is 11.8. The van der Waals surface area contributed by atoms with Gasteiger partial charge in [-0.15, -0.1) is 0 Å². The van der Waals surface area contributed by atoms with Crippen molar-refractivity contribution in [2.75, 3.05) is 17.6 Å². The summed E-state index contributed by atoms with van der Waals surface area (Å²) >= 11 is 5.82. The van der Waals surface area contributed by atoms with Crippen molar-refractivity contribution in [1.82, 2.24) is 0 Å². The molecule has 6 heteroatoms. The molecule has 2 aromatic rings. The highest BCUT2D eigenvalue weighted by atomic mass is 35.5. The van der Waals surface area contributed by atoms with Crippen LogP contribution in [0.25, 0.3) is 0 Å². The van der Waals surface area contributed by atoms with Crippen molar-refractivity contribution in [2.24, 2.45) is 4.99 Å². The van der Waals surface area contributed by atoms with Crippen LogP contribution in [-0.2, 0) is 10.0 Å². The maximum atomic E-state index is 11.5. The van der Waals surface area contributed by atoms with Crippen LogP contribution in [0.3, 0.4) is 0 Å². The second kappa shape index (κ2) is 6.28. The second-order valence-corrected chi connectivity index (χ2v) is 7.01. The Balaban J connectivity index is 2.24. The van der Waals surface area contributed by atoms with Crippen molar-refractivity contribution < 1.29 is 8.42 Å². The first-order valence-electron chi connectivity index (χ1n) is 6.20. The molecule has 0 radical (unpaired) electrons.